The van der Waals surface area contributed by atoms with Gasteiger partial charge in [-0.2, -0.15) is 17.0 Å². The summed E-state index contributed by atoms with van der Waals surface area (Å²) in [4.78, 5) is 0. The molecular formula is C16H28N2S. The number of thioether (sulfide) groups is 1. The van der Waals surface area contributed by atoms with Crippen molar-refractivity contribution in [1.29, 1.82) is 5.26 Å². The van der Waals surface area contributed by atoms with Gasteiger partial charge in [0.2, 0.25) is 0 Å². The number of nitrogens with zero attached hydrogens (tertiary/aromatic N) is 1. The summed E-state index contributed by atoms with van der Waals surface area (Å²) in [6, 6.07) is 3.09. The maximum Gasteiger partial charge on any atom is 0.104 e. The molecule has 0 spiro atoms. The maximum atomic E-state index is 9.29. The lowest BCUT2D eigenvalue weighted by Crippen LogP contribution is -2.42. The molecule has 0 heterocycles. The highest BCUT2D eigenvalue weighted by Gasteiger charge is 2.31. The zero-order chi connectivity index (χ0) is 13.6. The topological polar surface area (TPSA) is 35.8 Å². The summed E-state index contributed by atoms with van der Waals surface area (Å²) in [5.41, 5.74) is -0.280. The SMILES string of the molecule is CC(C#N)(CCCCSCC1CCCC1)NC1CC1. The van der Waals surface area contributed by atoms with Gasteiger partial charge in [-0.25, -0.2) is 0 Å². The van der Waals surface area contributed by atoms with E-state index in [1.54, 1.807) is 0 Å². The van der Waals surface area contributed by atoms with Gasteiger partial charge in [0.15, 0.2) is 0 Å². The van der Waals surface area contributed by atoms with Crippen LogP contribution in [-0.2, 0) is 0 Å². The van der Waals surface area contributed by atoms with Crippen LogP contribution in [0.25, 0.3) is 0 Å². The van der Waals surface area contributed by atoms with Gasteiger partial charge >= 0.3 is 0 Å². The highest BCUT2D eigenvalue weighted by atomic mass is 32.2. The maximum absolute atomic E-state index is 9.29. The fraction of sp³-hybridized carbons (Fsp3) is 0.938. The molecule has 0 saturated heterocycles. The van der Waals surface area contributed by atoms with E-state index in [-0.39, 0.29) is 5.54 Å². The lowest BCUT2D eigenvalue weighted by Gasteiger charge is -2.23. The van der Waals surface area contributed by atoms with E-state index >= 15 is 0 Å². The second-order valence-electron chi connectivity index (χ2n) is 6.55. The molecule has 1 N–H and O–H groups in total. The molecule has 0 amide bonds. The van der Waals surface area contributed by atoms with Crippen molar-refractivity contribution in [2.24, 2.45) is 5.92 Å². The van der Waals surface area contributed by atoms with Crippen molar-refractivity contribution in [1.82, 2.24) is 5.32 Å². The zero-order valence-corrected chi connectivity index (χ0v) is 13.1. The fourth-order valence-electron chi connectivity index (χ4n) is 2.95. The van der Waals surface area contributed by atoms with E-state index in [9.17, 15) is 5.26 Å². The zero-order valence-electron chi connectivity index (χ0n) is 12.3. The standard InChI is InChI=1S/C16H28N2S/c1-16(13-17,18-15-8-9-15)10-4-5-11-19-12-14-6-2-3-7-14/h14-15,18H,2-12H2,1H3. The molecule has 2 rings (SSSR count). The Balaban J connectivity index is 1.49. The molecule has 108 valence electrons. The predicted molar refractivity (Wildman–Crippen MR) is 83.3 cm³/mol. The van der Waals surface area contributed by atoms with Crippen LogP contribution >= 0.6 is 11.8 Å². The minimum absolute atomic E-state index is 0.280. The number of unbranched alkanes of at least 4 members (excludes halogenated alkanes) is 1. The molecule has 1 unspecified atom stereocenters. The van der Waals surface area contributed by atoms with Gasteiger partial charge in [-0.15, -0.1) is 0 Å². The van der Waals surface area contributed by atoms with E-state index in [1.807, 2.05) is 0 Å². The molecule has 0 aromatic carbocycles. The number of nitrogens with one attached hydrogen (secondary N) is 1. The first kappa shape index (κ1) is 15.2. The van der Waals surface area contributed by atoms with Gasteiger partial charge < -0.3 is 0 Å². The summed E-state index contributed by atoms with van der Waals surface area (Å²) in [6.45, 7) is 2.07. The Morgan fingerprint density at radius 1 is 1.21 bits per heavy atom. The van der Waals surface area contributed by atoms with E-state index in [0.29, 0.717) is 6.04 Å². The molecule has 0 bridgehead atoms. The Morgan fingerprint density at radius 2 is 1.95 bits per heavy atom. The van der Waals surface area contributed by atoms with Crippen LogP contribution in [0.5, 0.6) is 0 Å². The third-order valence-corrected chi connectivity index (χ3v) is 5.68. The molecular weight excluding hydrogens is 252 g/mol. The minimum atomic E-state index is -0.280. The summed E-state index contributed by atoms with van der Waals surface area (Å²) in [5.74, 6) is 3.66. The van der Waals surface area contributed by atoms with Gasteiger partial charge in [-0.3, -0.25) is 5.32 Å². The number of hydrogen-bond acceptors (Lipinski definition) is 3. The summed E-state index contributed by atoms with van der Waals surface area (Å²) >= 11 is 2.13. The molecule has 19 heavy (non-hydrogen) atoms. The van der Waals surface area contributed by atoms with Crippen molar-refractivity contribution in [2.75, 3.05) is 11.5 Å². The van der Waals surface area contributed by atoms with Crippen LogP contribution in [0.15, 0.2) is 0 Å². The van der Waals surface area contributed by atoms with E-state index in [0.717, 1.165) is 12.3 Å². The first-order valence-electron chi connectivity index (χ1n) is 7.98. The number of nitriles is 1. The molecule has 2 aliphatic carbocycles. The molecule has 2 aliphatic rings. The second-order valence-corrected chi connectivity index (χ2v) is 7.69. The number of rotatable bonds is 9. The van der Waals surface area contributed by atoms with Crippen LogP contribution in [0.1, 0.15) is 64.7 Å². The Kier molecular flexibility index (Phi) is 6.04. The minimum Gasteiger partial charge on any atom is -0.297 e. The van der Waals surface area contributed by atoms with Gasteiger partial charge in [-0.1, -0.05) is 12.8 Å². The number of hydrogen-bond donors (Lipinski definition) is 1. The van der Waals surface area contributed by atoms with Gasteiger partial charge in [0, 0.05) is 6.04 Å². The average Bonchev–Trinajstić information content (AvgIpc) is 3.06. The first-order chi connectivity index (χ1) is 9.22. The van der Waals surface area contributed by atoms with Gasteiger partial charge in [0.25, 0.3) is 0 Å². The van der Waals surface area contributed by atoms with Gasteiger partial charge in [0.1, 0.15) is 5.54 Å². The lowest BCUT2D eigenvalue weighted by atomic mass is 9.96. The molecule has 3 heteroatoms. The highest BCUT2D eigenvalue weighted by molar-refractivity contribution is 7.99. The van der Waals surface area contributed by atoms with Crippen LogP contribution < -0.4 is 5.32 Å². The lowest BCUT2D eigenvalue weighted by molar-refractivity contribution is 0.402. The molecule has 2 saturated carbocycles. The molecule has 0 aromatic rings. The van der Waals surface area contributed by atoms with Crippen LogP contribution in [0.3, 0.4) is 0 Å². The molecule has 1 atom stereocenters. The summed E-state index contributed by atoms with van der Waals surface area (Å²) in [6.07, 6.45) is 11.8. The quantitative estimate of drug-likeness (QED) is 0.646. The van der Waals surface area contributed by atoms with Crippen molar-refractivity contribution in [2.45, 2.75) is 76.3 Å². The third kappa shape index (κ3) is 5.75. The van der Waals surface area contributed by atoms with Crippen molar-refractivity contribution < 1.29 is 0 Å². The molecule has 0 radical (unpaired) electrons. The largest absolute Gasteiger partial charge is 0.297 e. The van der Waals surface area contributed by atoms with Crippen LogP contribution in [0, 0.1) is 17.2 Å². The third-order valence-electron chi connectivity index (χ3n) is 4.39. The van der Waals surface area contributed by atoms with E-state index in [1.165, 1.54) is 62.9 Å². The van der Waals surface area contributed by atoms with E-state index in [2.05, 4.69) is 30.1 Å². The van der Waals surface area contributed by atoms with Crippen molar-refractivity contribution in [3.63, 3.8) is 0 Å². The Labute approximate surface area is 122 Å². The van der Waals surface area contributed by atoms with Crippen LogP contribution in [0.4, 0.5) is 0 Å². The smallest absolute Gasteiger partial charge is 0.104 e. The van der Waals surface area contributed by atoms with Crippen molar-refractivity contribution in [3.8, 4) is 6.07 Å². The van der Waals surface area contributed by atoms with E-state index in [4.69, 9.17) is 0 Å². The highest BCUT2D eigenvalue weighted by Crippen LogP contribution is 2.28. The molecule has 0 aliphatic heterocycles. The Bertz CT molecular complexity index is 302. The predicted octanol–water partition coefficient (Wildman–Crippen LogP) is 4.11. The molecule has 2 nitrogen and oxygen atoms in total. The van der Waals surface area contributed by atoms with Crippen molar-refractivity contribution >= 4 is 11.8 Å². The molecule has 2 fully saturated rings. The normalized spacial score (nSPS) is 23.2. The first-order valence-corrected chi connectivity index (χ1v) is 9.14. The second kappa shape index (κ2) is 7.55. The monoisotopic (exact) mass is 280 g/mol. The Hall–Kier alpha value is -0.200. The molecule has 0 aromatic heterocycles. The van der Waals surface area contributed by atoms with E-state index < -0.39 is 0 Å². The van der Waals surface area contributed by atoms with Crippen LogP contribution in [-0.4, -0.2) is 23.1 Å². The Morgan fingerprint density at radius 3 is 2.58 bits per heavy atom. The average molecular weight is 280 g/mol. The summed E-state index contributed by atoms with van der Waals surface area (Å²) < 4.78 is 0. The van der Waals surface area contributed by atoms with Gasteiger partial charge in [0.05, 0.1) is 6.07 Å². The van der Waals surface area contributed by atoms with Gasteiger partial charge in [-0.05, 0) is 69.3 Å². The summed E-state index contributed by atoms with van der Waals surface area (Å²) in [7, 11) is 0. The fourth-order valence-corrected chi connectivity index (χ4v) is 4.19. The summed E-state index contributed by atoms with van der Waals surface area (Å²) in [5, 5.41) is 12.8. The van der Waals surface area contributed by atoms with Crippen LogP contribution in [0.2, 0.25) is 0 Å². The van der Waals surface area contributed by atoms with Crippen molar-refractivity contribution in [3.05, 3.63) is 0 Å².